The fourth-order valence-corrected chi connectivity index (χ4v) is 4.01. The van der Waals surface area contributed by atoms with E-state index in [9.17, 15) is 9.59 Å². The zero-order valence-electron chi connectivity index (χ0n) is 20.3. The molecule has 10 heteroatoms. The van der Waals surface area contributed by atoms with Crippen molar-refractivity contribution in [1.29, 1.82) is 0 Å². The van der Waals surface area contributed by atoms with Crippen LogP contribution in [-0.2, 0) is 16.1 Å². The number of aryl methyl sites for hydroxylation is 1. The Morgan fingerprint density at radius 1 is 1.26 bits per heavy atom. The molecule has 9 nitrogen and oxygen atoms in total. The van der Waals surface area contributed by atoms with Crippen molar-refractivity contribution < 1.29 is 14.3 Å². The van der Waals surface area contributed by atoms with Crippen LogP contribution in [0.1, 0.15) is 57.0 Å². The first-order valence-electron chi connectivity index (χ1n) is 11.6. The Kier molecular flexibility index (Phi) is 8.66. The maximum atomic E-state index is 12.8. The van der Waals surface area contributed by atoms with E-state index in [1.54, 1.807) is 19.1 Å². The number of amides is 2. The van der Waals surface area contributed by atoms with Crippen molar-refractivity contribution in [2.75, 3.05) is 19.6 Å². The second kappa shape index (κ2) is 11.5. The number of benzene rings is 1. The van der Waals surface area contributed by atoms with Gasteiger partial charge in [-0.05, 0) is 87.4 Å². The summed E-state index contributed by atoms with van der Waals surface area (Å²) >= 11 is 6.17. The maximum Gasteiger partial charge on any atom is 0.407 e. The number of aromatic nitrogens is 4. The van der Waals surface area contributed by atoms with Gasteiger partial charge in [0.05, 0.1) is 6.54 Å². The van der Waals surface area contributed by atoms with Crippen molar-refractivity contribution in [1.82, 2.24) is 30.4 Å². The molecule has 1 aromatic carbocycles. The summed E-state index contributed by atoms with van der Waals surface area (Å²) in [7, 11) is 0. The first-order chi connectivity index (χ1) is 16.1. The molecule has 3 rings (SSSR count). The Morgan fingerprint density at radius 3 is 2.65 bits per heavy atom. The molecule has 0 saturated carbocycles. The molecule has 0 radical (unpaired) electrons. The van der Waals surface area contributed by atoms with E-state index in [4.69, 9.17) is 16.3 Å². The van der Waals surface area contributed by atoms with Crippen LogP contribution in [0.25, 0.3) is 6.08 Å². The number of carbonyl (C=O) groups is 2. The minimum absolute atomic E-state index is 0.0130. The number of tetrazole rings is 1. The van der Waals surface area contributed by atoms with E-state index in [0.717, 1.165) is 30.4 Å². The number of likely N-dealkylation sites (tertiary alicyclic amines) is 1. The molecule has 2 aromatic rings. The lowest BCUT2D eigenvalue weighted by atomic mass is 9.93. The van der Waals surface area contributed by atoms with E-state index in [-0.39, 0.29) is 12.0 Å². The molecule has 1 aromatic heterocycles. The van der Waals surface area contributed by atoms with Crippen LogP contribution in [0.3, 0.4) is 0 Å². The summed E-state index contributed by atoms with van der Waals surface area (Å²) in [6.07, 6.45) is 5.74. The van der Waals surface area contributed by atoms with E-state index in [1.807, 2.05) is 43.9 Å². The van der Waals surface area contributed by atoms with Gasteiger partial charge in [-0.3, -0.25) is 4.79 Å². The second-order valence-electron chi connectivity index (χ2n) is 9.53. The van der Waals surface area contributed by atoms with Crippen LogP contribution in [0.15, 0.2) is 24.3 Å². The summed E-state index contributed by atoms with van der Waals surface area (Å²) in [4.78, 5) is 27.9. The van der Waals surface area contributed by atoms with Gasteiger partial charge in [-0.25, -0.2) is 4.79 Å². The van der Waals surface area contributed by atoms with Crippen LogP contribution in [0.2, 0.25) is 5.02 Å². The van der Waals surface area contributed by atoms with Gasteiger partial charge in [-0.1, -0.05) is 17.7 Å². The molecule has 0 unspecified atom stereocenters. The number of nitrogens with zero attached hydrogens (tertiary/aromatic N) is 5. The normalized spacial score (nSPS) is 15.0. The van der Waals surface area contributed by atoms with Gasteiger partial charge < -0.3 is 15.0 Å². The predicted octanol–water partition coefficient (Wildman–Crippen LogP) is 3.85. The van der Waals surface area contributed by atoms with Gasteiger partial charge in [0, 0.05) is 30.7 Å². The summed E-state index contributed by atoms with van der Waals surface area (Å²) in [5, 5.41) is 15.5. The smallest absolute Gasteiger partial charge is 0.407 e. The Balaban J connectivity index is 1.48. The molecule has 0 bridgehead atoms. The standard InChI is InChI=1S/C24H33ClN6O3/c1-17-27-29-31(28-17)16-20-15-21(25)7-5-19(20)6-8-22(32)30-13-10-18(11-14-30)9-12-26-23(33)34-24(2,3)4/h5-8,15,18H,9-14,16H2,1-4H3,(H,26,33)/b8-6+. The third kappa shape index (κ3) is 8.13. The highest BCUT2D eigenvalue weighted by Gasteiger charge is 2.22. The summed E-state index contributed by atoms with van der Waals surface area (Å²) in [6, 6.07) is 5.53. The second-order valence-corrected chi connectivity index (χ2v) is 9.97. The van der Waals surface area contributed by atoms with Gasteiger partial charge in [0.1, 0.15) is 5.60 Å². The molecule has 2 heterocycles. The van der Waals surface area contributed by atoms with Crippen molar-refractivity contribution in [2.24, 2.45) is 5.92 Å². The molecule has 34 heavy (non-hydrogen) atoms. The molecule has 1 N–H and O–H groups in total. The van der Waals surface area contributed by atoms with Crippen molar-refractivity contribution >= 4 is 29.7 Å². The number of hydrogen-bond acceptors (Lipinski definition) is 6. The third-order valence-corrected chi connectivity index (χ3v) is 5.76. The SMILES string of the molecule is Cc1nnn(Cc2cc(Cl)ccc2/C=C/C(=O)N2CCC(CCNC(=O)OC(C)(C)C)CC2)n1. The topological polar surface area (TPSA) is 102 Å². The summed E-state index contributed by atoms with van der Waals surface area (Å²) < 4.78 is 5.26. The van der Waals surface area contributed by atoms with Gasteiger partial charge >= 0.3 is 6.09 Å². The highest BCUT2D eigenvalue weighted by Crippen LogP contribution is 2.22. The molecule has 0 spiro atoms. The Hall–Kier alpha value is -2.94. The lowest BCUT2D eigenvalue weighted by molar-refractivity contribution is -0.127. The largest absolute Gasteiger partial charge is 0.444 e. The molecule has 2 amide bonds. The summed E-state index contributed by atoms with van der Waals surface area (Å²) in [5.41, 5.74) is 1.29. The maximum absolute atomic E-state index is 12.8. The Bertz CT molecular complexity index is 1020. The first kappa shape index (κ1) is 25.7. The minimum atomic E-state index is -0.498. The van der Waals surface area contributed by atoms with Crippen LogP contribution in [0.4, 0.5) is 4.79 Å². The molecule has 1 aliphatic rings. The Morgan fingerprint density at radius 2 is 2.00 bits per heavy atom. The fourth-order valence-electron chi connectivity index (χ4n) is 3.82. The van der Waals surface area contributed by atoms with E-state index in [0.29, 0.717) is 42.9 Å². The molecule has 0 aliphatic carbocycles. The number of halogens is 1. The zero-order valence-corrected chi connectivity index (χ0v) is 21.0. The molecular weight excluding hydrogens is 456 g/mol. The summed E-state index contributed by atoms with van der Waals surface area (Å²) in [6.45, 7) is 9.71. The van der Waals surface area contributed by atoms with Crippen molar-refractivity contribution in [3.8, 4) is 0 Å². The summed E-state index contributed by atoms with van der Waals surface area (Å²) in [5.74, 6) is 1.06. The number of piperidine rings is 1. The van der Waals surface area contributed by atoms with Gasteiger partial charge in [0.2, 0.25) is 5.91 Å². The van der Waals surface area contributed by atoms with Gasteiger partial charge in [-0.15, -0.1) is 10.2 Å². The third-order valence-electron chi connectivity index (χ3n) is 5.52. The fraction of sp³-hybridized carbons (Fsp3) is 0.542. The van der Waals surface area contributed by atoms with Gasteiger partial charge in [-0.2, -0.15) is 4.80 Å². The quantitative estimate of drug-likeness (QED) is 0.594. The minimum Gasteiger partial charge on any atom is -0.444 e. The van der Waals surface area contributed by atoms with Crippen LogP contribution in [0, 0.1) is 12.8 Å². The lowest BCUT2D eigenvalue weighted by Crippen LogP contribution is -2.39. The van der Waals surface area contributed by atoms with Crippen LogP contribution < -0.4 is 5.32 Å². The highest BCUT2D eigenvalue weighted by molar-refractivity contribution is 6.30. The van der Waals surface area contributed by atoms with E-state index in [2.05, 4.69) is 20.7 Å². The molecule has 1 fully saturated rings. The first-order valence-corrected chi connectivity index (χ1v) is 11.9. The van der Waals surface area contributed by atoms with Crippen LogP contribution in [0.5, 0.6) is 0 Å². The Labute approximate surface area is 205 Å². The number of carbonyl (C=O) groups excluding carboxylic acids is 2. The van der Waals surface area contributed by atoms with Crippen LogP contribution in [-0.4, -0.2) is 62.3 Å². The average molecular weight is 489 g/mol. The van der Waals surface area contributed by atoms with Crippen LogP contribution >= 0.6 is 11.6 Å². The monoisotopic (exact) mass is 488 g/mol. The zero-order chi connectivity index (χ0) is 24.7. The van der Waals surface area contributed by atoms with Crippen molar-refractivity contribution in [2.45, 2.75) is 59.1 Å². The molecule has 1 saturated heterocycles. The average Bonchev–Trinajstić information content (AvgIpc) is 3.16. The van der Waals surface area contributed by atoms with E-state index < -0.39 is 5.60 Å². The van der Waals surface area contributed by atoms with Gasteiger partial charge in [0.25, 0.3) is 0 Å². The number of nitrogens with one attached hydrogen (secondary N) is 1. The number of alkyl carbamates (subject to hydrolysis) is 1. The predicted molar refractivity (Wildman–Crippen MR) is 130 cm³/mol. The molecule has 1 aliphatic heterocycles. The number of rotatable bonds is 7. The number of hydrogen-bond donors (Lipinski definition) is 1. The molecular formula is C24H33ClN6O3. The van der Waals surface area contributed by atoms with E-state index >= 15 is 0 Å². The lowest BCUT2D eigenvalue weighted by Gasteiger charge is -2.31. The van der Waals surface area contributed by atoms with Crippen molar-refractivity contribution in [3.63, 3.8) is 0 Å². The van der Waals surface area contributed by atoms with Crippen molar-refractivity contribution in [3.05, 3.63) is 46.2 Å². The molecule has 184 valence electrons. The molecule has 0 atom stereocenters. The van der Waals surface area contributed by atoms with E-state index in [1.165, 1.54) is 4.80 Å². The highest BCUT2D eigenvalue weighted by atomic mass is 35.5. The van der Waals surface area contributed by atoms with Gasteiger partial charge in [0.15, 0.2) is 5.82 Å². The number of ether oxygens (including phenoxy) is 1.